The molecule has 1 aliphatic rings. The van der Waals surface area contributed by atoms with E-state index in [1.54, 1.807) is 10.8 Å². The van der Waals surface area contributed by atoms with Gasteiger partial charge >= 0.3 is 0 Å². The summed E-state index contributed by atoms with van der Waals surface area (Å²) in [5, 5.41) is 12.3. The van der Waals surface area contributed by atoms with E-state index in [-0.39, 0.29) is 5.75 Å². The van der Waals surface area contributed by atoms with Crippen LogP contribution in [0.3, 0.4) is 0 Å². The molecule has 3 rings (SSSR count). The van der Waals surface area contributed by atoms with Crippen molar-refractivity contribution in [2.24, 2.45) is 0 Å². The highest BCUT2D eigenvalue weighted by atomic mass is 32.2. The second-order valence-electron chi connectivity index (χ2n) is 5.64. The number of fused-ring (bicyclic) bond motifs is 1. The molecule has 8 nitrogen and oxygen atoms in total. The highest BCUT2D eigenvalue weighted by Crippen LogP contribution is 2.14. The van der Waals surface area contributed by atoms with Crippen LogP contribution in [0, 0.1) is 0 Å². The van der Waals surface area contributed by atoms with Crippen LogP contribution < -0.4 is 4.90 Å². The highest BCUT2D eigenvalue weighted by molar-refractivity contribution is 7.90. The summed E-state index contributed by atoms with van der Waals surface area (Å²) in [7, 11) is -2.86. The normalized spacial score (nSPS) is 17.2. The average Bonchev–Trinajstić information content (AvgIpc) is 2.94. The molecule has 22 heavy (non-hydrogen) atoms. The van der Waals surface area contributed by atoms with Gasteiger partial charge in [0.1, 0.15) is 22.0 Å². The minimum atomic E-state index is -2.86. The quantitative estimate of drug-likeness (QED) is 0.745. The number of hydrogen-bond acceptors (Lipinski definition) is 7. The number of anilines is 1. The summed E-state index contributed by atoms with van der Waals surface area (Å²) >= 11 is 0. The minimum Gasteiger partial charge on any atom is -0.353 e. The smallest absolute Gasteiger partial charge is 0.177 e. The first-order valence-electron chi connectivity index (χ1n) is 7.33. The van der Waals surface area contributed by atoms with Crippen molar-refractivity contribution < 1.29 is 8.42 Å². The molecule has 0 aliphatic carbocycles. The number of piperazine rings is 1. The molecule has 9 heteroatoms. The molecule has 1 fully saturated rings. The largest absolute Gasteiger partial charge is 0.353 e. The van der Waals surface area contributed by atoms with Crippen molar-refractivity contribution >= 4 is 21.3 Å². The monoisotopic (exact) mass is 324 g/mol. The molecule has 0 spiro atoms. The summed E-state index contributed by atoms with van der Waals surface area (Å²) in [5.41, 5.74) is 0.739. The molecule has 0 atom stereocenters. The van der Waals surface area contributed by atoms with E-state index in [0.717, 1.165) is 44.2 Å². The van der Waals surface area contributed by atoms with Crippen molar-refractivity contribution in [3.05, 3.63) is 18.5 Å². The van der Waals surface area contributed by atoms with Crippen LogP contribution in [-0.2, 0) is 9.84 Å². The van der Waals surface area contributed by atoms with E-state index in [4.69, 9.17) is 0 Å². The van der Waals surface area contributed by atoms with Gasteiger partial charge in [0.05, 0.1) is 5.75 Å². The Balaban J connectivity index is 1.53. The first-order chi connectivity index (χ1) is 10.5. The van der Waals surface area contributed by atoms with Crippen LogP contribution in [0.15, 0.2) is 18.5 Å². The first-order valence-corrected chi connectivity index (χ1v) is 9.39. The van der Waals surface area contributed by atoms with E-state index in [9.17, 15) is 8.42 Å². The Labute approximate surface area is 129 Å². The lowest BCUT2D eigenvalue weighted by molar-refractivity contribution is 0.258. The van der Waals surface area contributed by atoms with E-state index in [2.05, 4.69) is 25.1 Å². The molecule has 3 heterocycles. The molecule has 1 saturated heterocycles. The fourth-order valence-electron chi connectivity index (χ4n) is 2.64. The molecule has 0 bridgehead atoms. The Morgan fingerprint density at radius 3 is 2.68 bits per heavy atom. The number of aromatic nitrogens is 4. The fraction of sp³-hybridized carbons (Fsp3) is 0.615. The fourth-order valence-corrected chi connectivity index (χ4v) is 3.29. The zero-order valence-electron chi connectivity index (χ0n) is 12.6. The number of hydrogen-bond donors (Lipinski definition) is 0. The van der Waals surface area contributed by atoms with Crippen molar-refractivity contribution in [2.45, 2.75) is 6.42 Å². The van der Waals surface area contributed by atoms with Gasteiger partial charge in [-0.15, -0.1) is 15.3 Å². The molecule has 0 amide bonds. The predicted molar refractivity (Wildman–Crippen MR) is 83.8 cm³/mol. The predicted octanol–water partition coefficient (Wildman–Crippen LogP) is -0.319. The summed E-state index contributed by atoms with van der Waals surface area (Å²) in [6, 6.07) is 3.87. The summed E-state index contributed by atoms with van der Waals surface area (Å²) in [4.78, 5) is 4.53. The van der Waals surface area contributed by atoms with Crippen LogP contribution in [0.4, 0.5) is 5.82 Å². The molecule has 0 saturated carbocycles. The summed E-state index contributed by atoms with van der Waals surface area (Å²) in [6.45, 7) is 4.45. The lowest BCUT2D eigenvalue weighted by Gasteiger charge is -2.35. The molecular weight excluding hydrogens is 304 g/mol. The van der Waals surface area contributed by atoms with Gasteiger partial charge in [-0.1, -0.05) is 0 Å². The third kappa shape index (κ3) is 3.72. The van der Waals surface area contributed by atoms with Gasteiger partial charge < -0.3 is 4.90 Å². The van der Waals surface area contributed by atoms with E-state index < -0.39 is 9.84 Å². The van der Waals surface area contributed by atoms with Crippen molar-refractivity contribution in [3.63, 3.8) is 0 Å². The molecule has 2 aromatic heterocycles. The maximum absolute atomic E-state index is 11.1. The van der Waals surface area contributed by atoms with Gasteiger partial charge in [-0.3, -0.25) is 4.90 Å². The van der Waals surface area contributed by atoms with Crippen LogP contribution in [0.5, 0.6) is 0 Å². The van der Waals surface area contributed by atoms with Crippen molar-refractivity contribution in [1.82, 2.24) is 24.7 Å². The Hall–Kier alpha value is -1.74. The van der Waals surface area contributed by atoms with E-state index in [1.165, 1.54) is 6.26 Å². The van der Waals surface area contributed by atoms with Gasteiger partial charge in [0, 0.05) is 32.4 Å². The van der Waals surface area contributed by atoms with E-state index in [0.29, 0.717) is 6.42 Å². The van der Waals surface area contributed by atoms with Crippen LogP contribution >= 0.6 is 0 Å². The van der Waals surface area contributed by atoms with Crippen LogP contribution in [0.1, 0.15) is 6.42 Å². The molecule has 120 valence electrons. The second-order valence-corrected chi connectivity index (χ2v) is 7.90. The summed E-state index contributed by atoms with van der Waals surface area (Å²) in [5.74, 6) is 1.18. The van der Waals surface area contributed by atoms with Gasteiger partial charge in [-0.2, -0.15) is 4.52 Å². The van der Waals surface area contributed by atoms with E-state index >= 15 is 0 Å². The zero-order valence-corrected chi connectivity index (χ0v) is 13.4. The average molecular weight is 324 g/mol. The van der Waals surface area contributed by atoms with E-state index in [1.807, 2.05) is 12.1 Å². The van der Waals surface area contributed by atoms with Crippen molar-refractivity contribution in [1.29, 1.82) is 0 Å². The first kappa shape index (κ1) is 15.2. The Morgan fingerprint density at radius 1 is 1.18 bits per heavy atom. The number of nitrogens with zero attached hydrogens (tertiary/aromatic N) is 6. The summed E-state index contributed by atoms with van der Waals surface area (Å²) < 4.78 is 24.0. The van der Waals surface area contributed by atoms with Gasteiger partial charge in [-0.25, -0.2) is 8.42 Å². The minimum absolute atomic E-state index is 0.263. The van der Waals surface area contributed by atoms with Gasteiger partial charge in [0.2, 0.25) is 0 Å². The zero-order chi connectivity index (χ0) is 15.6. The van der Waals surface area contributed by atoms with Crippen molar-refractivity contribution in [3.8, 4) is 0 Å². The highest BCUT2D eigenvalue weighted by Gasteiger charge is 2.18. The second kappa shape index (κ2) is 6.17. The third-order valence-corrected chi connectivity index (χ3v) is 4.86. The van der Waals surface area contributed by atoms with Crippen LogP contribution in [0.2, 0.25) is 0 Å². The Morgan fingerprint density at radius 2 is 1.95 bits per heavy atom. The molecule has 1 aliphatic heterocycles. The third-order valence-electron chi connectivity index (χ3n) is 3.83. The summed E-state index contributed by atoms with van der Waals surface area (Å²) in [6.07, 6.45) is 3.59. The lowest BCUT2D eigenvalue weighted by Crippen LogP contribution is -2.47. The van der Waals surface area contributed by atoms with Gasteiger partial charge in [-0.05, 0) is 25.1 Å². The Bertz CT molecular complexity index is 736. The number of sulfone groups is 1. The molecule has 0 aromatic carbocycles. The maximum Gasteiger partial charge on any atom is 0.177 e. The van der Waals surface area contributed by atoms with Crippen LogP contribution in [0.25, 0.3) is 5.65 Å². The van der Waals surface area contributed by atoms with Crippen LogP contribution in [-0.4, -0.2) is 77.9 Å². The Kier molecular flexibility index (Phi) is 4.25. The molecular formula is C13H20N6O2S. The lowest BCUT2D eigenvalue weighted by atomic mass is 10.3. The standard InChI is InChI=1S/C13H20N6O2S/c1-22(20,21)10-2-5-17-6-8-18(9-7-17)13-4-3-12-15-14-11-19(12)16-13/h3-4,11H,2,5-10H2,1H3. The van der Waals surface area contributed by atoms with Gasteiger partial charge in [0.25, 0.3) is 0 Å². The molecule has 0 radical (unpaired) electrons. The molecule has 0 N–H and O–H groups in total. The van der Waals surface area contributed by atoms with Crippen molar-refractivity contribution in [2.75, 3.05) is 49.6 Å². The molecule has 0 unspecified atom stereocenters. The van der Waals surface area contributed by atoms with Gasteiger partial charge in [0.15, 0.2) is 5.65 Å². The maximum atomic E-state index is 11.1. The number of rotatable bonds is 5. The SMILES string of the molecule is CS(=O)(=O)CCCN1CCN(c2ccc3nncn3n2)CC1. The molecule has 2 aromatic rings. The topological polar surface area (TPSA) is 83.7 Å².